The number of benzene rings is 1. The molecule has 0 spiro atoms. The lowest BCUT2D eigenvalue weighted by Crippen LogP contribution is -2.14. The molecule has 70 valence electrons. The Labute approximate surface area is 76.5 Å². The second-order valence-corrected chi connectivity index (χ2v) is 2.97. The number of nitrogens with zero attached hydrogens (tertiary/aromatic N) is 1. The highest BCUT2D eigenvalue weighted by Crippen LogP contribution is 2.17. The van der Waals surface area contributed by atoms with Crippen LogP contribution in [0.15, 0.2) is 18.2 Å². The zero-order valence-electron chi connectivity index (χ0n) is 7.63. The van der Waals surface area contributed by atoms with E-state index < -0.39 is 0 Å². The first-order valence-electron chi connectivity index (χ1n) is 3.83. The highest BCUT2D eigenvalue weighted by molar-refractivity contribution is 5.95. The van der Waals surface area contributed by atoms with E-state index in [4.69, 9.17) is 11.1 Å². The van der Waals surface area contributed by atoms with Crippen LogP contribution >= 0.6 is 0 Å². The van der Waals surface area contributed by atoms with Crippen molar-refractivity contribution in [2.24, 2.45) is 5.73 Å². The van der Waals surface area contributed by atoms with Crippen LogP contribution in [0.25, 0.3) is 0 Å². The topological polar surface area (TPSA) is 53.1 Å². The predicted molar refractivity (Wildman–Crippen MR) is 51.7 cm³/mol. The lowest BCUT2D eigenvalue weighted by Gasteiger charge is -2.13. The third-order valence-corrected chi connectivity index (χ3v) is 1.74. The van der Waals surface area contributed by atoms with Gasteiger partial charge in [0.05, 0.1) is 5.69 Å². The Bertz CT molecular complexity index is 334. The minimum atomic E-state index is -0.363. The standard InChI is InChI=1S/C9H12FN3/c1-13(2)8-4-3-6(9(11)12)5-7(8)10/h3-5H,1-2H3,(H3,11,12). The normalized spacial score (nSPS) is 9.77. The van der Waals surface area contributed by atoms with Gasteiger partial charge in [-0.3, -0.25) is 5.41 Å². The Hall–Kier alpha value is -1.58. The molecule has 0 atom stereocenters. The fourth-order valence-corrected chi connectivity index (χ4v) is 1.04. The van der Waals surface area contributed by atoms with Gasteiger partial charge in [-0.1, -0.05) is 0 Å². The molecular formula is C9H12FN3. The zero-order valence-corrected chi connectivity index (χ0v) is 7.63. The SMILES string of the molecule is CN(C)c1ccc(C(=N)N)cc1F. The molecule has 3 nitrogen and oxygen atoms in total. The zero-order chi connectivity index (χ0) is 10.0. The van der Waals surface area contributed by atoms with Crippen molar-refractivity contribution in [3.63, 3.8) is 0 Å². The molecule has 0 bridgehead atoms. The van der Waals surface area contributed by atoms with E-state index in [0.29, 0.717) is 11.3 Å². The summed E-state index contributed by atoms with van der Waals surface area (Å²) in [5.74, 6) is -0.484. The molecule has 0 saturated carbocycles. The number of anilines is 1. The monoisotopic (exact) mass is 181 g/mol. The molecule has 0 unspecified atom stereocenters. The van der Waals surface area contributed by atoms with Crippen LogP contribution < -0.4 is 10.6 Å². The number of hydrogen-bond acceptors (Lipinski definition) is 2. The first-order valence-corrected chi connectivity index (χ1v) is 3.83. The Morgan fingerprint density at radius 2 is 2.08 bits per heavy atom. The van der Waals surface area contributed by atoms with Gasteiger partial charge in [0, 0.05) is 19.7 Å². The van der Waals surface area contributed by atoms with Crippen LogP contribution in [-0.2, 0) is 0 Å². The van der Waals surface area contributed by atoms with Crippen molar-refractivity contribution in [1.82, 2.24) is 0 Å². The van der Waals surface area contributed by atoms with Gasteiger partial charge in [0.2, 0.25) is 0 Å². The second-order valence-electron chi connectivity index (χ2n) is 2.97. The second kappa shape index (κ2) is 3.43. The van der Waals surface area contributed by atoms with E-state index >= 15 is 0 Å². The molecule has 1 aromatic carbocycles. The van der Waals surface area contributed by atoms with Crippen molar-refractivity contribution < 1.29 is 4.39 Å². The van der Waals surface area contributed by atoms with Crippen molar-refractivity contribution in [2.75, 3.05) is 19.0 Å². The fourth-order valence-electron chi connectivity index (χ4n) is 1.04. The summed E-state index contributed by atoms with van der Waals surface area (Å²) in [6.07, 6.45) is 0. The van der Waals surface area contributed by atoms with Gasteiger partial charge in [0.15, 0.2) is 0 Å². The van der Waals surface area contributed by atoms with Gasteiger partial charge >= 0.3 is 0 Å². The summed E-state index contributed by atoms with van der Waals surface area (Å²) < 4.78 is 13.3. The quantitative estimate of drug-likeness (QED) is 0.531. The summed E-state index contributed by atoms with van der Waals surface area (Å²) in [5.41, 5.74) is 6.11. The summed E-state index contributed by atoms with van der Waals surface area (Å²) in [6.45, 7) is 0. The highest BCUT2D eigenvalue weighted by Gasteiger charge is 2.05. The Kier molecular flexibility index (Phi) is 2.51. The number of nitrogen functional groups attached to an aromatic ring is 1. The van der Waals surface area contributed by atoms with Crippen LogP contribution in [0.1, 0.15) is 5.56 Å². The number of nitrogens with two attached hydrogens (primary N) is 1. The molecule has 1 aromatic rings. The highest BCUT2D eigenvalue weighted by atomic mass is 19.1. The molecule has 13 heavy (non-hydrogen) atoms. The Balaban J connectivity index is 3.13. The van der Waals surface area contributed by atoms with Crippen molar-refractivity contribution in [1.29, 1.82) is 5.41 Å². The maximum absolute atomic E-state index is 13.3. The van der Waals surface area contributed by atoms with Crippen molar-refractivity contribution in [2.45, 2.75) is 0 Å². The van der Waals surface area contributed by atoms with E-state index in [2.05, 4.69) is 0 Å². The molecule has 1 rings (SSSR count). The number of rotatable bonds is 2. The first-order chi connectivity index (χ1) is 6.02. The smallest absolute Gasteiger partial charge is 0.147 e. The van der Waals surface area contributed by atoms with E-state index in [9.17, 15) is 4.39 Å². The van der Waals surface area contributed by atoms with Crippen molar-refractivity contribution >= 4 is 11.5 Å². The number of hydrogen-bond donors (Lipinski definition) is 2. The molecular weight excluding hydrogens is 169 g/mol. The van der Waals surface area contributed by atoms with Crippen LogP contribution in [0.5, 0.6) is 0 Å². The van der Waals surface area contributed by atoms with Gasteiger partial charge in [-0.15, -0.1) is 0 Å². The van der Waals surface area contributed by atoms with Gasteiger partial charge in [-0.25, -0.2) is 4.39 Å². The number of halogens is 1. The molecule has 3 N–H and O–H groups in total. The van der Waals surface area contributed by atoms with Gasteiger partial charge in [-0.2, -0.15) is 0 Å². The van der Waals surface area contributed by atoms with Crippen LogP contribution in [-0.4, -0.2) is 19.9 Å². The van der Waals surface area contributed by atoms with Crippen LogP contribution in [0.4, 0.5) is 10.1 Å². The predicted octanol–water partition coefficient (Wildman–Crippen LogP) is 1.18. The van der Waals surface area contributed by atoms with Crippen LogP contribution in [0, 0.1) is 11.2 Å². The summed E-state index contributed by atoms with van der Waals surface area (Å²) in [7, 11) is 3.51. The summed E-state index contributed by atoms with van der Waals surface area (Å²) in [6, 6.07) is 4.49. The third kappa shape index (κ3) is 1.96. The maximum atomic E-state index is 13.3. The van der Waals surface area contributed by atoms with Gasteiger partial charge in [0.1, 0.15) is 11.7 Å². The molecule has 0 aliphatic carbocycles. The Morgan fingerprint density at radius 1 is 1.46 bits per heavy atom. The average molecular weight is 181 g/mol. The van der Waals surface area contributed by atoms with Crippen LogP contribution in [0.2, 0.25) is 0 Å². The van der Waals surface area contributed by atoms with Crippen molar-refractivity contribution in [3.8, 4) is 0 Å². The average Bonchev–Trinajstić information content (AvgIpc) is 2.03. The van der Waals surface area contributed by atoms with Gasteiger partial charge in [-0.05, 0) is 18.2 Å². The lowest BCUT2D eigenvalue weighted by molar-refractivity contribution is 0.626. The lowest BCUT2D eigenvalue weighted by atomic mass is 10.2. The Morgan fingerprint density at radius 3 is 2.46 bits per heavy atom. The molecule has 4 heteroatoms. The van der Waals surface area contributed by atoms with Gasteiger partial charge < -0.3 is 10.6 Å². The molecule has 0 aromatic heterocycles. The van der Waals surface area contributed by atoms with E-state index in [1.54, 1.807) is 31.1 Å². The van der Waals surface area contributed by atoms with E-state index in [-0.39, 0.29) is 11.7 Å². The molecule has 0 saturated heterocycles. The summed E-state index contributed by atoms with van der Waals surface area (Å²) >= 11 is 0. The largest absolute Gasteiger partial charge is 0.384 e. The number of amidine groups is 1. The summed E-state index contributed by atoms with van der Waals surface area (Å²) in [5, 5.41) is 7.11. The minimum Gasteiger partial charge on any atom is -0.384 e. The van der Waals surface area contributed by atoms with E-state index in [1.807, 2.05) is 0 Å². The molecule has 0 amide bonds. The molecule has 0 radical (unpaired) electrons. The molecule has 0 fully saturated rings. The fraction of sp³-hybridized carbons (Fsp3) is 0.222. The molecule has 0 aliphatic rings. The first kappa shape index (κ1) is 9.51. The summed E-state index contributed by atoms with van der Waals surface area (Å²) in [4.78, 5) is 1.67. The minimum absolute atomic E-state index is 0.121. The van der Waals surface area contributed by atoms with E-state index in [0.717, 1.165) is 0 Å². The molecule has 0 aliphatic heterocycles. The van der Waals surface area contributed by atoms with Crippen molar-refractivity contribution in [3.05, 3.63) is 29.6 Å². The molecule has 0 heterocycles. The third-order valence-electron chi connectivity index (χ3n) is 1.74. The van der Waals surface area contributed by atoms with Gasteiger partial charge in [0.25, 0.3) is 0 Å². The van der Waals surface area contributed by atoms with Crippen LogP contribution in [0.3, 0.4) is 0 Å². The maximum Gasteiger partial charge on any atom is 0.147 e. The number of nitrogens with one attached hydrogen (secondary N) is 1. The van der Waals surface area contributed by atoms with E-state index in [1.165, 1.54) is 6.07 Å².